The molecule has 0 nitrogen and oxygen atoms in total. The fraction of sp³-hybridized carbons (Fsp3) is 0.538. The number of aryl methyl sites for hydroxylation is 2. The largest absolute Gasteiger partial charge is 0.0630 e. The predicted octanol–water partition coefficient (Wildman–Crippen LogP) is 4.22. The molecule has 0 saturated carbocycles. The van der Waals surface area contributed by atoms with Crippen molar-refractivity contribution in [2.45, 2.75) is 41.0 Å². The summed E-state index contributed by atoms with van der Waals surface area (Å²) in [6.07, 6.45) is 1.14. The highest BCUT2D eigenvalue weighted by molar-refractivity contribution is 5.20. The Kier molecular flexibility index (Phi) is 6.30. The van der Waals surface area contributed by atoms with Crippen molar-refractivity contribution < 1.29 is 0 Å². The molecule has 1 aromatic rings. The lowest BCUT2D eigenvalue weighted by Gasteiger charge is -1.94. The van der Waals surface area contributed by atoms with Crippen LogP contribution in [-0.2, 0) is 6.42 Å². The van der Waals surface area contributed by atoms with Crippen LogP contribution in [0.25, 0.3) is 0 Å². The Hall–Kier alpha value is -0.780. The molecule has 0 N–H and O–H groups in total. The highest BCUT2D eigenvalue weighted by Gasteiger charge is 1.84. The summed E-state index contributed by atoms with van der Waals surface area (Å²) in [6, 6.07) is 8.66. The van der Waals surface area contributed by atoms with Gasteiger partial charge in [0.15, 0.2) is 0 Å². The second-order valence-electron chi connectivity index (χ2n) is 4.07. The van der Waals surface area contributed by atoms with Gasteiger partial charge in [-0.15, -0.1) is 0 Å². The first-order valence-electron chi connectivity index (χ1n) is 5.11. The van der Waals surface area contributed by atoms with E-state index in [1.165, 1.54) is 11.1 Å². The van der Waals surface area contributed by atoms with E-state index in [2.05, 4.69) is 58.9 Å². The molecule has 0 aliphatic rings. The van der Waals surface area contributed by atoms with E-state index < -0.39 is 0 Å². The maximum Gasteiger partial charge on any atom is -0.0307 e. The van der Waals surface area contributed by atoms with Gasteiger partial charge in [0, 0.05) is 0 Å². The quantitative estimate of drug-likeness (QED) is 0.604. The summed E-state index contributed by atoms with van der Waals surface area (Å²) in [5.74, 6) is 0.833. The van der Waals surface area contributed by atoms with Gasteiger partial charge in [-0.3, -0.25) is 0 Å². The molecular formula is C13H22. The Morgan fingerprint density at radius 1 is 1.00 bits per heavy atom. The zero-order chi connectivity index (χ0) is 10.3. The molecule has 0 aliphatic carbocycles. The van der Waals surface area contributed by atoms with E-state index in [4.69, 9.17) is 0 Å². The van der Waals surface area contributed by atoms with Gasteiger partial charge >= 0.3 is 0 Å². The topological polar surface area (TPSA) is 0 Å². The molecule has 0 bridgehead atoms. The zero-order valence-corrected chi connectivity index (χ0v) is 9.59. The molecule has 0 heterocycles. The molecule has 0 aliphatic heterocycles. The van der Waals surface area contributed by atoms with Crippen LogP contribution in [0.1, 0.15) is 38.8 Å². The third kappa shape index (κ3) is 7.58. The van der Waals surface area contributed by atoms with Gasteiger partial charge in [-0.05, 0) is 24.8 Å². The molecule has 13 heavy (non-hydrogen) atoms. The van der Waals surface area contributed by atoms with Crippen molar-refractivity contribution >= 4 is 0 Å². The van der Waals surface area contributed by atoms with Gasteiger partial charge in [0.2, 0.25) is 0 Å². The summed E-state index contributed by atoms with van der Waals surface area (Å²) in [4.78, 5) is 0. The van der Waals surface area contributed by atoms with E-state index in [0.717, 1.165) is 12.3 Å². The van der Waals surface area contributed by atoms with Gasteiger partial charge in [0.1, 0.15) is 0 Å². The Morgan fingerprint density at radius 3 is 1.69 bits per heavy atom. The highest BCUT2D eigenvalue weighted by atomic mass is 13.9. The van der Waals surface area contributed by atoms with Crippen LogP contribution in [0.15, 0.2) is 24.3 Å². The lowest BCUT2D eigenvalue weighted by molar-refractivity contribution is 0.737. The molecule has 0 heteroatoms. The molecule has 1 aromatic carbocycles. The minimum absolute atomic E-state index is 0.833. The number of hydrogen-bond acceptors (Lipinski definition) is 0. The first-order valence-corrected chi connectivity index (χ1v) is 5.11. The standard InChI is InChI=1S/C9H12.C4H10/c1-3-9-6-4-8(2)5-7-9;1-4(2)3/h4-7H,3H2,1-2H3;4H,1-3H3. The Bertz CT molecular complexity index is 203. The SMILES string of the molecule is CC(C)C.CCc1ccc(C)cc1. The van der Waals surface area contributed by atoms with Crippen LogP contribution in [0.3, 0.4) is 0 Å². The van der Waals surface area contributed by atoms with Crippen molar-refractivity contribution in [1.82, 2.24) is 0 Å². The van der Waals surface area contributed by atoms with Crippen LogP contribution in [0.2, 0.25) is 0 Å². The Labute approximate surface area is 83.0 Å². The third-order valence-electron chi connectivity index (χ3n) is 1.53. The van der Waals surface area contributed by atoms with E-state index in [1.807, 2.05) is 0 Å². The van der Waals surface area contributed by atoms with Gasteiger partial charge in [0.05, 0.1) is 0 Å². The van der Waals surface area contributed by atoms with E-state index >= 15 is 0 Å². The molecule has 0 amide bonds. The van der Waals surface area contributed by atoms with Crippen LogP contribution < -0.4 is 0 Å². The van der Waals surface area contributed by atoms with Gasteiger partial charge < -0.3 is 0 Å². The predicted molar refractivity (Wildman–Crippen MR) is 61.1 cm³/mol. The van der Waals surface area contributed by atoms with E-state index in [1.54, 1.807) is 0 Å². The van der Waals surface area contributed by atoms with Crippen molar-refractivity contribution in [1.29, 1.82) is 0 Å². The average Bonchev–Trinajstić information content (AvgIpc) is 2.05. The molecular weight excluding hydrogens is 156 g/mol. The fourth-order valence-electron chi connectivity index (χ4n) is 0.824. The maximum absolute atomic E-state index is 2.18. The molecule has 0 saturated heterocycles. The van der Waals surface area contributed by atoms with Gasteiger partial charge in [-0.2, -0.15) is 0 Å². The van der Waals surface area contributed by atoms with Crippen molar-refractivity contribution in [2.24, 2.45) is 5.92 Å². The summed E-state index contributed by atoms with van der Waals surface area (Å²) < 4.78 is 0. The van der Waals surface area contributed by atoms with Crippen LogP contribution in [0.5, 0.6) is 0 Å². The highest BCUT2D eigenvalue weighted by Crippen LogP contribution is 2.02. The van der Waals surface area contributed by atoms with E-state index in [9.17, 15) is 0 Å². The van der Waals surface area contributed by atoms with Gasteiger partial charge in [-0.25, -0.2) is 0 Å². The molecule has 0 fully saturated rings. The van der Waals surface area contributed by atoms with Crippen LogP contribution in [-0.4, -0.2) is 0 Å². The van der Waals surface area contributed by atoms with E-state index in [0.29, 0.717) is 0 Å². The molecule has 0 atom stereocenters. The molecule has 0 radical (unpaired) electrons. The summed E-state index contributed by atoms with van der Waals surface area (Å²) >= 11 is 0. The van der Waals surface area contributed by atoms with Crippen LogP contribution >= 0.6 is 0 Å². The summed E-state index contributed by atoms with van der Waals surface area (Å²) in [5.41, 5.74) is 2.76. The first kappa shape index (κ1) is 12.2. The number of rotatable bonds is 1. The van der Waals surface area contributed by atoms with Crippen molar-refractivity contribution in [2.75, 3.05) is 0 Å². The maximum atomic E-state index is 2.18. The lowest BCUT2D eigenvalue weighted by atomic mass is 10.1. The van der Waals surface area contributed by atoms with Crippen LogP contribution in [0.4, 0.5) is 0 Å². The lowest BCUT2D eigenvalue weighted by Crippen LogP contribution is -1.77. The summed E-state index contributed by atoms with van der Waals surface area (Å²) in [5, 5.41) is 0. The van der Waals surface area contributed by atoms with Gasteiger partial charge in [0.25, 0.3) is 0 Å². The van der Waals surface area contributed by atoms with Crippen molar-refractivity contribution in [3.63, 3.8) is 0 Å². The number of hydrogen-bond donors (Lipinski definition) is 0. The van der Waals surface area contributed by atoms with Gasteiger partial charge in [-0.1, -0.05) is 57.5 Å². The third-order valence-corrected chi connectivity index (χ3v) is 1.53. The Balaban J connectivity index is 0.000000310. The Morgan fingerprint density at radius 2 is 1.38 bits per heavy atom. The van der Waals surface area contributed by atoms with Crippen molar-refractivity contribution in [3.8, 4) is 0 Å². The van der Waals surface area contributed by atoms with Crippen molar-refractivity contribution in [3.05, 3.63) is 35.4 Å². The minimum Gasteiger partial charge on any atom is -0.0630 e. The number of benzene rings is 1. The first-order chi connectivity index (χ1) is 6.06. The normalized spacial score (nSPS) is 9.38. The second kappa shape index (κ2) is 6.71. The molecule has 0 unspecified atom stereocenters. The molecule has 0 spiro atoms. The fourth-order valence-corrected chi connectivity index (χ4v) is 0.824. The minimum atomic E-state index is 0.833. The summed E-state index contributed by atoms with van der Waals surface area (Å²) in [7, 11) is 0. The molecule has 74 valence electrons. The smallest absolute Gasteiger partial charge is 0.0307 e. The van der Waals surface area contributed by atoms with Crippen LogP contribution in [0, 0.1) is 12.8 Å². The zero-order valence-electron chi connectivity index (χ0n) is 9.59. The molecule has 1 rings (SSSR count). The van der Waals surface area contributed by atoms with E-state index in [-0.39, 0.29) is 0 Å². The second-order valence-corrected chi connectivity index (χ2v) is 4.07. The molecule has 0 aromatic heterocycles. The summed E-state index contributed by atoms with van der Waals surface area (Å²) in [6.45, 7) is 10.8. The average molecular weight is 178 g/mol. The monoisotopic (exact) mass is 178 g/mol.